The summed E-state index contributed by atoms with van der Waals surface area (Å²) in [6, 6.07) is 11.4. The number of carbonyl (C=O) groups excluding carboxylic acids is 1. The number of carbonyl (C=O) groups is 1. The zero-order valence-electron chi connectivity index (χ0n) is 13.5. The average molecular weight is 350 g/mol. The predicted octanol–water partition coefficient (Wildman–Crippen LogP) is 5.09. The third-order valence-electron chi connectivity index (χ3n) is 3.24. The summed E-state index contributed by atoms with van der Waals surface area (Å²) >= 11 is 7.82. The Morgan fingerprint density at radius 2 is 1.87 bits per heavy atom. The van der Waals surface area contributed by atoms with Gasteiger partial charge in [0.15, 0.2) is 6.61 Å². The average Bonchev–Trinajstić information content (AvgIpc) is 2.52. The maximum Gasteiger partial charge on any atom is 0.262 e. The molecule has 0 bridgehead atoms. The lowest BCUT2D eigenvalue weighted by molar-refractivity contribution is -0.118. The van der Waals surface area contributed by atoms with Gasteiger partial charge in [-0.25, -0.2) is 0 Å². The van der Waals surface area contributed by atoms with Crippen LogP contribution in [-0.2, 0) is 4.79 Å². The minimum absolute atomic E-state index is 0.0361. The van der Waals surface area contributed by atoms with Gasteiger partial charge in [-0.1, -0.05) is 30.7 Å². The Balaban J connectivity index is 1.98. The van der Waals surface area contributed by atoms with Crippen molar-refractivity contribution in [1.29, 1.82) is 0 Å². The zero-order chi connectivity index (χ0) is 16.8. The lowest BCUT2D eigenvalue weighted by Gasteiger charge is -2.12. The van der Waals surface area contributed by atoms with E-state index in [1.165, 1.54) is 0 Å². The normalized spacial score (nSPS) is 10.4. The molecule has 0 aromatic heterocycles. The van der Waals surface area contributed by atoms with E-state index in [2.05, 4.69) is 12.2 Å². The number of rotatable bonds is 6. The SMILES string of the molecule is CCSc1ccccc1NC(=O)COc1cc(C)c(Cl)c(C)c1. The van der Waals surface area contributed by atoms with Crippen molar-refractivity contribution in [2.24, 2.45) is 0 Å². The number of aryl methyl sites for hydroxylation is 2. The molecule has 3 nitrogen and oxygen atoms in total. The van der Waals surface area contributed by atoms with Gasteiger partial charge in [0.1, 0.15) is 5.75 Å². The molecule has 1 amide bonds. The maximum absolute atomic E-state index is 12.1. The van der Waals surface area contributed by atoms with E-state index in [9.17, 15) is 4.79 Å². The number of anilines is 1. The summed E-state index contributed by atoms with van der Waals surface area (Å²) in [5, 5.41) is 3.62. The molecule has 0 fully saturated rings. The van der Waals surface area contributed by atoms with E-state index in [4.69, 9.17) is 16.3 Å². The Morgan fingerprint density at radius 3 is 2.52 bits per heavy atom. The molecule has 0 saturated heterocycles. The number of ether oxygens (including phenoxy) is 1. The van der Waals surface area contributed by atoms with E-state index < -0.39 is 0 Å². The first kappa shape index (κ1) is 17.7. The molecule has 0 unspecified atom stereocenters. The van der Waals surface area contributed by atoms with E-state index in [0.29, 0.717) is 5.75 Å². The summed E-state index contributed by atoms with van der Waals surface area (Å²) in [7, 11) is 0. The highest BCUT2D eigenvalue weighted by Crippen LogP contribution is 2.27. The molecule has 0 aliphatic heterocycles. The van der Waals surface area contributed by atoms with Crippen molar-refractivity contribution in [3.63, 3.8) is 0 Å². The van der Waals surface area contributed by atoms with Gasteiger partial charge in [-0.2, -0.15) is 0 Å². The van der Waals surface area contributed by atoms with Crippen molar-refractivity contribution < 1.29 is 9.53 Å². The van der Waals surface area contributed by atoms with Crippen LogP contribution in [0.5, 0.6) is 5.75 Å². The molecule has 0 radical (unpaired) electrons. The molecule has 2 rings (SSSR count). The Hall–Kier alpha value is -1.65. The fourth-order valence-electron chi connectivity index (χ4n) is 2.18. The molecule has 1 N–H and O–H groups in total. The number of benzene rings is 2. The second kappa shape index (κ2) is 8.27. The number of thioether (sulfide) groups is 1. The van der Waals surface area contributed by atoms with Crippen LogP contribution in [0.4, 0.5) is 5.69 Å². The van der Waals surface area contributed by atoms with Gasteiger partial charge in [0, 0.05) is 9.92 Å². The number of para-hydroxylation sites is 1. The summed E-state index contributed by atoms with van der Waals surface area (Å²) in [5.41, 5.74) is 2.69. The van der Waals surface area contributed by atoms with Crippen LogP contribution in [0.25, 0.3) is 0 Å². The highest BCUT2D eigenvalue weighted by molar-refractivity contribution is 7.99. The van der Waals surface area contributed by atoms with Crippen molar-refractivity contribution in [3.8, 4) is 5.75 Å². The number of halogens is 1. The number of hydrogen-bond acceptors (Lipinski definition) is 3. The molecule has 0 aliphatic carbocycles. The number of nitrogens with one attached hydrogen (secondary N) is 1. The van der Waals surface area contributed by atoms with Gasteiger partial charge in [0.25, 0.3) is 5.91 Å². The molecule has 2 aromatic carbocycles. The van der Waals surface area contributed by atoms with Crippen LogP contribution < -0.4 is 10.1 Å². The Morgan fingerprint density at radius 1 is 1.22 bits per heavy atom. The highest BCUT2D eigenvalue weighted by atomic mass is 35.5. The molecule has 0 aliphatic rings. The van der Waals surface area contributed by atoms with Gasteiger partial charge in [-0.15, -0.1) is 11.8 Å². The monoisotopic (exact) mass is 349 g/mol. The first-order chi connectivity index (χ1) is 11.0. The minimum atomic E-state index is -0.181. The Bertz CT molecular complexity index is 680. The Labute approximate surface area is 146 Å². The van der Waals surface area contributed by atoms with Crippen LogP contribution in [0.1, 0.15) is 18.1 Å². The van der Waals surface area contributed by atoms with E-state index in [1.54, 1.807) is 11.8 Å². The molecule has 0 saturated carbocycles. The fraction of sp³-hybridized carbons (Fsp3) is 0.278. The second-order valence-corrected chi connectivity index (χ2v) is 6.82. The van der Waals surface area contributed by atoms with Gasteiger partial charge >= 0.3 is 0 Å². The van der Waals surface area contributed by atoms with Crippen LogP contribution in [0, 0.1) is 13.8 Å². The second-order valence-electron chi connectivity index (χ2n) is 5.14. The lowest BCUT2D eigenvalue weighted by Crippen LogP contribution is -2.20. The number of hydrogen-bond donors (Lipinski definition) is 1. The molecule has 23 heavy (non-hydrogen) atoms. The maximum atomic E-state index is 12.1. The van der Waals surface area contributed by atoms with Crippen LogP contribution in [0.3, 0.4) is 0 Å². The van der Waals surface area contributed by atoms with Gasteiger partial charge in [-0.3, -0.25) is 4.79 Å². The van der Waals surface area contributed by atoms with Crippen LogP contribution in [0.2, 0.25) is 5.02 Å². The van der Waals surface area contributed by atoms with Crippen molar-refractivity contribution in [2.45, 2.75) is 25.7 Å². The summed E-state index contributed by atoms with van der Waals surface area (Å²) in [6.07, 6.45) is 0. The standard InChI is InChI=1S/C18H20ClNO2S/c1-4-23-16-8-6-5-7-15(16)20-17(21)11-22-14-9-12(2)18(19)13(3)10-14/h5-10H,4,11H2,1-3H3,(H,20,21). The summed E-state index contributed by atoms with van der Waals surface area (Å²) < 4.78 is 5.58. The molecule has 5 heteroatoms. The molecule has 0 atom stereocenters. The van der Waals surface area contributed by atoms with E-state index >= 15 is 0 Å². The molecular formula is C18H20ClNO2S. The summed E-state index contributed by atoms with van der Waals surface area (Å²) in [6.45, 7) is 5.88. The summed E-state index contributed by atoms with van der Waals surface area (Å²) in [4.78, 5) is 13.2. The molecular weight excluding hydrogens is 330 g/mol. The highest BCUT2D eigenvalue weighted by Gasteiger charge is 2.09. The topological polar surface area (TPSA) is 38.3 Å². The van der Waals surface area contributed by atoms with E-state index in [0.717, 1.165) is 32.5 Å². The van der Waals surface area contributed by atoms with E-state index in [1.807, 2.05) is 50.2 Å². The van der Waals surface area contributed by atoms with Crippen molar-refractivity contribution >= 4 is 35.0 Å². The van der Waals surface area contributed by atoms with Crippen LogP contribution >= 0.6 is 23.4 Å². The van der Waals surface area contributed by atoms with Gasteiger partial charge in [0.2, 0.25) is 0 Å². The molecule has 0 spiro atoms. The van der Waals surface area contributed by atoms with Gasteiger partial charge in [-0.05, 0) is 55.0 Å². The third-order valence-corrected chi connectivity index (χ3v) is 4.79. The minimum Gasteiger partial charge on any atom is -0.484 e. The van der Waals surface area contributed by atoms with Gasteiger partial charge in [0.05, 0.1) is 5.69 Å². The number of amides is 1. The van der Waals surface area contributed by atoms with Crippen LogP contribution in [-0.4, -0.2) is 18.3 Å². The van der Waals surface area contributed by atoms with Crippen molar-refractivity contribution in [3.05, 3.63) is 52.5 Å². The molecule has 2 aromatic rings. The fourth-order valence-corrected chi connectivity index (χ4v) is 3.05. The van der Waals surface area contributed by atoms with Crippen LogP contribution in [0.15, 0.2) is 41.3 Å². The largest absolute Gasteiger partial charge is 0.484 e. The van der Waals surface area contributed by atoms with Crippen molar-refractivity contribution in [2.75, 3.05) is 17.7 Å². The first-order valence-electron chi connectivity index (χ1n) is 7.42. The predicted molar refractivity (Wildman–Crippen MR) is 97.9 cm³/mol. The Kier molecular flexibility index (Phi) is 6.37. The smallest absolute Gasteiger partial charge is 0.262 e. The van der Waals surface area contributed by atoms with Crippen molar-refractivity contribution in [1.82, 2.24) is 0 Å². The zero-order valence-corrected chi connectivity index (χ0v) is 15.1. The molecule has 0 heterocycles. The van der Waals surface area contributed by atoms with E-state index in [-0.39, 0.29) is 12.5 Å². The quantitative estimate of drug-likeness (QED) is 0.738. The molecule has 122 valence electrons. The summed E-state index contributed by atoms with van der Waals surface area (Å²) in [5.74, 6) is 1.42. The lowest BCUT2D eigenvalue weighted by atomic mass is 10.1. The van der Waals surface area contributed by atoms with Gasteiger partial charge < -0.3 is 10.1 Å². The third kappa shape index (κ3) is 4.91. The first-order valence-corrected chi connectivity index (χ1v) is 8.78.